The van der Waals surface area contributed by atoms with Crippen LogP contribution in [0.25, 0.3) is 0 Å². The first kappa shape index (κ1) is 11.0. The van der Waals surface area contributed by atoms with Gasteiger partial charge in [-0.1, -0.05) is 0 Å². The Morgan fingerprint density at radius 3 is 2.77 bits per heavy atom. The van der Waals surface area contributed by atoms with Gasteiger partial charge < -0.3 is 10.6 Å². The van der Waals surface area contributed by atoms with E-state index in [2.05, 4.69) is 30.7 Å². The van der Waals surface area contributed by atoms with Crippen molar-refractivity contribution in [3.8, 4) is 0 Å². The summed E-state index contributed by atoms with van der Waals surface area (Å²) in [6, 6.07) is 0.948. The third-order valence-electron chi connectivity index (χ3n) is 2.71. The predicted octanol–water partition coefficient (Wildman–Crippen LogP) is 0.360. The van der Waals surface area contributed by atoms with Gasteiger partial charge in [-0.15, -0.1) is 0 Å². The molecule has 1 saturated heterocycles. The summed E-state index contributed by atoms with van der Waals surface area (Å²) in [5.74, 6) is 0. The van der Waals surface area contributed by atoms with E-state index >= 15 is 0 Å². The van der Waals surface area contributed by atoms with E-state index < -0.39 is 0 Å². The lowest BCUT2D eigenvalue weighted by Gasteiger charge is -2.29. The molecule has 0 aromatic heterocycles. The Kier molecular flexibility index (Phi) is 4.16. The average Bonchev–Trinajstić information content (AvgIpc) is 2.13. The van der Waals surface area contributed by atoms with Crippen molar-refractivity contribution in [1.29, 1.82) is 0 Å². The zero-order valence-corrected chi connectivity index (χ0v) is 9.16. The van der Waals surface area contributed by atoms with Gasteiger partial charge in [-0.25, -0.2) is 0 Å². The highest BCUT2D eigenvalue weighted by Gasteiger charge is 2.19. The number of hydrogen-bond acceptors (Lipinski definition) is 3. The molecule has 13 heavy (non-hydrogen) atoms. The molecule has 0 aliphatic carbocycles. The second kappa shape index (κ2) is 4.94. The summed E-state index contributed by atoms with van der Waals surface area (Å²) in [4.78, 5) is 4.92. The standard InChI is InChI=1S/C10H23N3/c1-9(11)7-13-6-4-5-12(3)8-10(13)2/h9-10H,4-8,11H2,1-3H3/t9-,10?/m1/s1. The molecule has 1 unspecified atom stereocenters. The SMILES string of the molecule is CC1CN(C)CCCN1C[C@@H](C)N. The van der Waals surface area contributed by atoms with Crippen LogP contribution in [-0.2, 0) is 0 Å². The fourth-order valence-electron chi connectivity index (χ4n) is 2.06. The molecule has 78 valence electrons. The molecule has 0 aromatic carbocycles. The molecule has 2 atom stereocenters. The second-order valence-corrected chi connectivity index (χ2v) is 4.44. The molecule has 0 amide bonds. The minimum absolute atomic E-state index is 0.297. The van der Waals surface area contributed by atoms with Gasteiger partial charge in [-0.2, -0.15) is 0 Å². The zero-order valence-electron chi connectivity index (χ0n) is 9.16. The molecule has 0 spiro atoms. The van der Waals surface area contributed by atoms with Crippen molar-refractivity contribution in [2.24, 2.45) is 5.73 Å². The quantitative estimate of drug-likeness (QED) is 0.674. The summed E-state index contributed by atoms with van der Waals surface area (Å²) in [6.45, 7) is 9.01. The van der Waals surface area contributed by atoms with Crippen molar-refractivity contribution in [3.63, 3.8) is 0 Å². The van der Waals surface area contributed by atoms with Crippen LogP contribution in [0.15, 0.2) is 0 Å². The van der Waals surface area contributed by atoms with Crippen LogP contribution < -0.4 is 5.73 Å². The van der Waals surface area contributed by atoms with Crippen LogP contribution in [0.2, 0.25) is 0 Å². The van der Waals surface area contributed by atoms with E-state index in [-0.39, 0.29) is 0 Å². The molecular weight excluding hydrogens is 162 g/mol. The van der Waals surface area contributed by atoms with Crippen molar-refractivity contribution in [2.75, 3.05) is 33.2 Å². The highest BCUT2D eigenvalue weighted by atomic mass is 15.2. The maximum Gasteiger partial charge on any atom is 0.0195 e. The zero-order chi connectivity index (χ0) is 9.84. The Morgan fingerprint density at radius 1 is 1.46 bits per heavy atom. The molecule has 1 aliphatic rings. The van der Waals surface area contributed by atoms with Crippen molar-refractivity contribution >= 4 is 0 Å². The van der Waals surface area contributed by atoms with Gasteiger partial charge in [0.2, 0.25) is 0 Å². The lowest BCUT2D eigenvalue weighted by molar-refractivity contribution is 0.194. The van der Waals surface area contributed by atoms with E-state index in [4.69, 9.17) is 5.73 Å². The molecule has 0 saturated carbocycles. The van der Waals surface area contributed by atoms with Crippen LogP contribution in [-0.4, -0.2) is 55.1 Å². The first-order chi connectivity index (χ1) is 6.09. The summed E-state index contributed by atoms with van der Waals surface area (Å²) in [5, 5.41) is 0. The molecule has 1 aliphatic heterocycles. The normalized spacial score (nSPS) is 30.0. The number of hydrogen-bond donors (Lipinski definition) is 1. The van der Waals surface area contributed by atoms with Crippen LogP contribution in [0.3, 0.4) is 0 Å². The highest BCUT2D eigenvalue weighted by Crippen LogP contribution is 2.08. The monoisotopic (exact) mass is 185 g/mol. The van der Waals surface area contributed by atoms with Gasteiger partial charge in [0.25, 0.3) is 0 Å². The van der Waals surface area contributed by atoms with Crippen molar-refractivity contribution in [3.05, 3.63) is 0 Å². The summed E-state index contributed by atoms with van der Waals surface area (Å²) >= 11 is 0. The Hall–Kier alpha value is -0.120. The first-order valence-electron chi connectivity index (χ1n) is 5.27. The Morgan fingerprint density at radius 2 is 2.15 bits per heavy atom. The Balaban J connectivity index is 2.43. The van der Waals surface area contributed by atoms with Gasteiger partial charge in [0, 0.05) is 25.2 Å². The highest BCUT2D eigenvalue weighted by molar-refractivity contribution is 4.77. The number of likely N-dealkylation sites (N-methyl/N-ethyl adjacent to an activating group) is 1. The van der Waals surface area contributed by atoms with E-state index in [9.17, 15) is 0 Å². The third-order valence-corrected chi connectivity index (χ3v) is 2.71. The largest absolute Gasteiger partial charge is 0.327 e. The summed E-state index contributed by atoms with van der Waals surface area (Å²) in [7, 11) is 2.20. The molecule has 1 fully saturated rings. The average molecular weight is 185 g/mol. The molecule has 1 heterocycles. The van der Waals surface area contributed by atoms with E-state index in [0.717, 1.165) is 6.54 Å². The van der Waals surface area contributed by atoms with Gasteiger partial charge in [-0.05, 0) is 40.4 Å². The van der Waals surface area contributed by atoms with E-state index in [0.29, 0.717) is 12.1 Å². The fourth-order valence-corrected chi connectivity index (χ4v) is 2.06. The molecule has 3 nitrogen and oxygen atoms in total. The Labute approximate surface area is 81.9 Å². The van der Waals surface area contributed by atoms with Crippen molar-refractivity contribution in [2.45, 2.75) is 32.4 Å². The van der Waals surface area contributed by atoms with Gasteiger partial charge in [0.05, 0.1) is 0 Å². The van der Waals surface area contributed by atoms with Gasteiger partial charge in [0.1, 0.15) is 0 Å². The predicted molar refractivity (Wildman–Crippen MR) is 56.8 cm³/mol. The van der Waals surface area contributed by atoms with Crippen LogP contribution >= 0.6 is 0 Å². The fraction of sp³-hybridized carbons (Fsp3) is 1.00. The minimum Gasteiger partial charge on any atom is -0.327 e. The van der Waals surface area contributed by atoms with Crippen LogP contribution in [0.4, 0.5) is 0 Å². The summed E-state index contributed by atoms with van der Waals surface area (Å²) in [6.07, 6.45) is 1.27. The first-order valence-corrected chi connectivity index (χ1v) is 5.27. The summed E-state index contributed by atoms with van der Waals surface area (Å²) < 4.78 is 0. The van der Waals surface area contributed by atoms with Gasteiger partial charge in [0.15, 0.2) is 0 Å². The van der Waals surface area contributed by atoms with E-state index in [1.807, 2.05) is 0 Å². The lowest BCUT2D eigenvalue weighted by Crippen LogP contribution is -2.43. The smallest absolute Gasteiger partial charge is 0.0195 e. The summed E-state index contributed by atoms with van der Waals surface area (Å²) in [5.41, 5.74) is 5.82. The lowest BCUT2D eigenvalue weighted by atomic mass is 10.2. The minimum atomic E-state index is 0.297. The number of nitrogens with zero attached hydrogens (tertiary/aromatic N) is 2. The Bertz CT molecular complexity index is 147. The topological polar surface area (TPSA) is 32.5 Å². The molecule has 0 bridgehead atoms. The van der Waals surface area contributed by atoms with Crippen LogP contribution in [0, 0.1) is 0 Å². The van der Waals surface area contributed by atoms with Gasteiger partial charge in [-0.3, -0.25) is 4.90 Å². The molecule has 2 N–H and O–H groups in total. The number of nitrogens with two attached hydrogens (primary N) is 1. The molecule has 3 heteroatoms. The maximum absolute atomic E-state index is 5.82. The second-order valence-electron chi connectivity index (χ2n) is 4.44. The molecule has 0 aromatic rings. The third kappa shape index (κ3) is 3.63. The molecule has 1 rings (SSSR count). The van der Waals surface area contributed by atoms with Gasteiger partial charge >= 0.3 is 0 Å². The molecular formula is C10H23N3. The maximum atomic E-state index is 5.82. The molecule has 0 radical (unpaired) electrons. The van der Waals surface area contributed by atoms with Crippen LogP contribution in [0.1, 0.15) is 20.3 Å². The van der Waals surface area contributed by atoms with E-state index in [1.54, 1.807) is 0 Å². The van der Waals surface area contributed by atoms with Crippen molar-refractivity contribution < 1.29 is 0 Å². The van der Waals surface area contributed by atoms with E-state index in [1.165, 1.54) is 26.1 Å². The number of rotatable bonds is 2. The van der Waals surface area contributed by atoms with Crippen molar-refractivity contribution in [1.82, 2.24) is 9.80 Å². The van der Waals surface area contributed by atoms with Crippen LogP contribution in [0.5, 0.6) is 0 Å².